The highest BCUT2D eigenvalue weighted by Gasteiger charge is 2.35. The van der Waals surface area contributed by atoms with Crippen LogP contribution in [0.25, 0.3) is 0 Å². The molecule has 1 fully saturated rings. The molecule has 0 atom stereocenters. The number of pyridine rings is 1. The lowest BCUT2D eigenvalue weighted by molar-refractivity contribution is 0.0652. The molecule has 3 nitrogen and oxygen atoms in total. The summed E-state index contributed by atoms with van der Waals surface area (Å²) < 4.78 is 0. The molecule has 1 amide bonds. The van der Waals surface area contributed by atoms with Crippen molar-refractivity contribution in [1.29, 1.82) is 0 Å². The van der Waals surface area contributed by atoms with Crippen LogP contribution in [0, 0.1) is 0 Å². The number of halogens is 1. The lowest BCUT2D eigenvalue weighted by Gasteiger charge is -2.31. The first-order chi connectivity index (χ1) is 7.50. The second kappa shape index (κ2) is 4.06. The van der Waals surface area contributed by atoms with Crippen LogP contribution in [0.3, 0.4) is 0 Å². The Bertz CT molecular complexity index is 417. The van der Waals surface area contributed by atoms with Crippen molar-refractivity contribution in [3.8, 4) is 0 Å². The Morgan fingerprint density at radius 3 is 2.88 bits per heavy atom. The number of nitrogens with zero attached hydrogens (tertiary/aromatic N) is 2. The van der Waals surface area contributed by atoms with Crippen LogP contribution in [0.15, 0.2) is 18.3 Å². The number of carbonyl (C=O) groups excluding carboxylic acids is 1. The number of aromatic nitrogens is 1. The Labute approximate surface area is 100 Å². The highest BCUT2D eigenvalue weighted by molar-refractivity contribution is 6.29. The topological polar surface area (TPSA) is 33.2 Å². The SMILES string of the molecule is CC1(C)CCCN1C(=O)c1ccnc(Cl)c1. The van der Waals surface area contributed by atoms with Gasteiger partial charge in [-0.15, -0.1) is 0 Å². The Kier molecular flexibility index (Phi) is 2.89. The summed E-state index contributed by atoms with van der Waals surface area (Å²) in [7, 11) is 0. The van der Waals surface area contributed by atoms with Crippen molar-refractivity contribution in [2.45, 2.75) is 32.2 Å². The van der Waals surface area contributed by atoms with Gasteiger partial charge in [0.25, 0.3) is 5.91 Å². The molecule has 0 saturated carbocycles. The molecule has 0 N–H and O–H groups in total. The van der Waals surface area contributed by atoms with Gasteiger partial charge in [0, 0.05) is 23.8 Å². The van der Waals surface area contributed by atoms with Gasteiger partial charge in [-0.2, -0.15) is 0 Å². The molecule has 0 aromatic carbocycles. The molecule has 16 heavy (non-hydrogen) atoms. The monoisotopic (exact) mass is 238 g/mol. The second-order valence-corrected chi connectivity index (χ2v) is 5.13. The zero-order valence-electron chi connectivity index (χ0n) is 9.53. The van der Waals surface area contributed by atoms with Gasteiger partial charge >= 0.3 is 0 Å². The highest BCUT2D eigenvalue weighted by atomic mass is 35.5. The maximum Gasteiger partial charge on any atom is 0.254 e. The fraction of sp³-hybridized carbons (Fsp3) is 0.500. The Balaban J connectivity index is 2.26. The molecule has 1 aliphatic rings. The lowest BCUT2D eigenvalue weighted by atomic mass is 10.0. The van der Waals surface area contributed by atoms with Gasteiger partial charge in [0.1, 0.15) is 5.15 Å². The van der Waals surface area contributed by atoms with E-state index in [-0.39, 0.29) is 11.4 Å². The van der Waals surface area contributed by atoms with Gasteiger partial charge in [-0.3, -0.25) is 4.79 Å². The minimum Gasteiger partial charge on any atom is -0.334 e. The summed E-state index contributed by atoms with van der Waals surface area (Å²) in [5.41, 5.74) is 0.572. The minimum absolute atomic E-state index is 0.0480. The molecule has 1 aromatic rings. The first kappa shape index (κ1) is 11.4. The van der Waals surface area contributed by atoms with Crippen LogP contribution in [0.2, 0.25) is 5.15 Å². The van der Waals surface area contributed by atoms with E-state index in [2.05, 4.69) is 18.8 Å². The van der Waals surface area contributed by atoms with Gasteiger partial charge in [-0.05, 0) is 38.8 Å². The molecule has 4 heteroatoms. The highest BCUT2D eigenvalue weighted by Crippen LogP contribution is 2.29. The standard InChI is InChI=1S/C12H15ClN2O/c1-12(2)5-3-7-15(12)11(16)9-4-6-14-10(13)8-9/h4,6,8H,3,5,7H2,1-2H3. The third-order valence-electron chi connectivity index (χ3n) is 3.12. The van der Waals surface area contributed by atoms with Crippen LogP contribution in [-0.4, -0.2) is 27.9 Å². The van der Waals surface area contributed by atoms with Gasteiger partial charge < -0.3 is 4.90 Å². The van der Waals surface area contributed by atoms with Crippen LogP contribution >= 0.6 is 11.6 Å². The first-order valence-corrected chi connectivity index (χ1v) is 5.82. The Morgan fingerprint density at radius 1 is 1.56 bits per heavy atom. The Hall–Kier alpha value is -1.09. The van der Waals surface area contributed by atoms with E-state index in [1.165, 1.54) is 0 Å². The van der Waals surface area contributed by atoms with Gasteiger partial charge in [0.05, 0.1) is 0 Å². The third kappa shape index (κ3) is 2.05. The van der Waals surface area contributed by atoms with E-state index in [1.807, 2.05) is 4.90 Å². The zero-order chi connectivity index (χ0) is 11.8. The van der Waals surface area contributed by atoms with E-state index < -0.39 is 0 Å². The van der Waals surface area contributed by atoms with Gasteiger partial charge in [0.15, 0.2) is 0 Å². The number of likely N-dealkylation sites (tertiary alicyclic amines) is 1. The summed E-state index contributed by atoms with van der Waals surface area (Å²) in [5, 5.41) is 0.364. The van der Waals surface area contributed by atoms with Crippen molar-refractivity contribution < 1.29 is 4.79 Å². The normalized spacial score (nSPS) is 18.8. The molecule has 0 spiro atoms. The van der Waals surface area contributed by atoms with Crippen LogP contribution < -0.4 is 0 Å². The molecule has 1 aromatic heterocycles. The number of amides is 1. The average molecular weight is 239 g/mol. The van der Waals surface area contributed by atoms with E-state index in [0.29, 0.717) is 10.7 Å². The maximum absolute atomic E-state index is 12.3. The predicted octanol–water partition coefficient (Wildman–Crippen LogP) is 2.75. The molecule has 1 saturated heterocycles. The van der Waals surface area contributed by atoms with Gasteiger partial charge in [-0.1, -0.05) is 11.6 Å². The van der Waals surface area contributed by atoms with Crippen molar-refractivity contribution in [3.63, 3.8) is 0 Å². The maximum atomic E-state index is 12.3. The van der Waals surface area contributed by atoms with Crippen molar-refractivity contribution in [2.75, 3.05) is 6.54 Å². The summed E-state index contributed by atoms with van der Waals surface area (Å²) >= 11 is 5.78. The summed E-state index contributed by atoms with van der Waals surface area (Å²) in [4.78, 5) is 18.0. The molecule has 0 unspecified atom stereocenters. The Morgan fingerprint density at radius 2 is 2.31 bits per heavy atom. The first-order valence-electron chi connectivity index (χ1n) is 5.44. The number of hydrogen-bond acceptors (Lipinski definition) is 2. The fourth-order valence-corrected chi connectivity index (χ4v) is 2.35. The summed E-state index contributed by atoms with van der Waals surface area (Å²) in [5.74, 6) is 0.0480. The molecule has 0 radical (unpaired) electrons. The fourth-order valence-electron chi connectivity index (χ4n) is 2.18. The van der Waals surface area contributed by atoms with Crippen LogP contribution in [0.1, 0.15) is 37.0 Å². The van der Waals surface area contributed by atoms with Crippen LogP contribution in [0.5, 0.6) is 0 Å². The van der Waals surface area contributed by atoms with Crippen LogP contribution in [-0.2, 0) is 0 Å². The van der Waals surface area contributed by atoms with Crippen LogP contribution in [0.4, 0.5) is 0 Å². The summed E-state index contributed by atoms with van der Waals surface area (Å²) in [6.45, 7) is 5.02. The molecule has 2 rings (SSSR count). The quantitative estimate of drug-likeness (QED) is 0.705. The van der Waals surface area contributed by atoms with Gasteiger partial charge in [-0.25, -0.2) is 4.98 Å². The van der Waals surface area contributed by atoms with E-state index >= 15 is 0 Å². The molecule has 0 aliphatic carbocycles. The zero-order valence-corrected chi connectivity index (χ0v) is 10.3. The van der Waals surface area contributed by atoms with E-state index in [1.54, 1.807) is 18.3 Å². The van der Waals surface area contributed by atoms with Crippen molar-refractivity contribution in [2.24, 2.45) is 0 Å². The lowest BCUT2D eigenvalue weighted by Crippen LogP contribution is -2.42. The summed E-state index contributed by atoms with van der Waals surface area (Å²) in [6, 6.07) is 3.33. The molecule has 86 valence electrons. The molecular formula is C12H15ClN2O. The van der Waals surface area contributed by atoms with Crippen molar-refractivity contribution >= 4 is 17.5 Å². The van der Waals surface area contributed by atoms with Crippen molar-refractivity contribution in [1.82, 2.24) is 9.88 Å². The van der Waals surface area contributed by atoms with E-state index in [4.69, 9.17) is 11.6 Å². The average Bonchev–Trinajstić information content (AvgIpc) is 2.57. The smallest absolute Gasteiger partial charge is 0.254 e. The second-order valence-electron chi connectivity index (χ2n) is 4.74. The van der Waals surface area contributed by atoms with E-state index in [0.717, 1.165) is 19.4 Å². The number of hydrogen-bond donors (Lipinski definition) is 0. The third-order valence-corrected chi connectivity index (χ3v) is 3.33. The predicted molar refractivity (Wildman–Crippen MR) is 63.6 cm³/mol. The molecule has 0 bridgehead atoms. The van der Waals surface area contributed by atoms with Crippen molar-refractivity contribution in [3.05, 3.63) is 29.0 Å². The minimum atomic E-state index is -0.0488. The summed E-state index contributed by atoms with van der Waals surface area (Å²) in [6.07, 6.45) is 3.69. The number of rotatable bonds is 1. The van der Waals surface area contributed by atoms with Gasteiger partial charge in [0.2, 0.25) is 0 Å². The molecular weight excluding hydrogens is 224 g/mol. The largest absolute Gasteiger partial charge is 0.334 e. The molecule has 1 aliphatic heterocycles. The number of carbonyl (C=O) groups is 1. The van der Waals surface area contributed by atoms with E-state index in [9.17, 15) is 4.79 Å². The molecule has 2 heterocycles.